The molecule has 4 fully saturated rings. The van der Waals surface area contributed by atoms with E-state index in [0.717, 1.165) is 69.1 Å². The van der Waals surface area contributed by atoms with Crippen molar-refractivity contribution in [1.29, 1.82) is 0 Å². The predicted octanol–water partition coefficient (Wildman–Crippen LogP) is 8.32. The van der Waals surface area contributed by atoms with Gasteiger partial charge in [-0.3, -0.25) is 0 Å². The summed E-state index contributed by atoms with van der Waals surface area (Å²) in [6.45, 7) is 1.62. The van der Waals surface area contributed by atoms with Crippen LogP contribution in [0.2, 0.25) is 0 Å². The Morgan fingerprint density at radius 1 is 0.600 bits per heavy atom. The first kappa shape index (κ1) is 27.7. The fourth-order valence-corrected chi connectivity index (χ4v) is 8.02. The Morgan fingerprint density at radius 2 is 1.00 bits per heavy atom. The monoisotopic (exact) mass is 504 g/mol. The third-order valence-electron chi connectivity index (χ3n) is 10.2. The number of hydrogen-bond donors (Lipinski definition) is 0. The molecule has 0 saturated heterocycles. The molecule has 4 aliphatic carbocycles. The van der Waals surface area contributed by atoms with E-state index in [2.05, 4.69) is 0 Å². The van der Waals surface area contributed by atoms with Crippen LogP contribution in [0.25, 0.3) is 0 Å². The topological polar surface area (TPSA) is 18.5 Å². The van der Waals surface area contributed by atoms with Gasteiger partial charge < -0.3 is 9.47 Å². The van der Waals surface area contributed by atoms with Crippen molar-refractivity contribution in [2.75, 3.05) is 13.7 Å². The van der Waals surface area contributed by atoms with Crippen molar-refractivity contribution in [3.63, 3.8) is 0 Å². The summed E-state index contributed by atoms with van der Waals surface area (Å²) < 4.78 is 66.1. The molecule has 0 aromatic heterocycles. The van der Waals surface area contributed by atoms with Crippen LogP contribution < -0.4 is 0 Å². The molecule has 0 radical (unpaired) electrons. The minimum Gasteiger partial charge on any atom is -0.378 e. The van der Waals surface area contributed by atoms with Crippen molar-refractivity contribution in [3.05, 3.63) is 0 Å². The average Bonchev–Trinajstić information content (AvgIpc) is 2.85. The highest BCUT2D eigenvalue weighted by molar-refractivity contribution is 4.90. The zero-order valence-corrected chi connectivity index (χ0v) is 21.9. The van der Waals surface area contributed by atoms with Crippen molar-refractivity contribution in [2.24, 2.45) is 35.5 Å². The summed E-state index contributed by atoms with van der Waals surface area (Å²) in [5, 5.41) is 0. The number of methoxy groups -OCH3 is 1. The van der Waals surface area contributed by atoms with Gasteiger partial charge in [-0.2, -0.15) is 0 Å². The van der Waals surface area contributed by atoms with Crippen molar-refractivity contribution < 1.29 is 27.0 Å². The minimum atomic E-state index is -2.52. The molecule has 4 rings (SSSR count). The highest BCUT2D eigenvalue weighted by Crippen LogP contribution is 2.47. The molecule has 0 N–H and O–H groups in total. The van der Waals surface area contributed by atoms with Gasteiger partial charge in [0.1, 0.15) is 0 Å². The van der Waals surface area contributed by atoms with E-state index < -0.39 is 30.5 Å². The highest BCUT2D eigenvalue weighted by Gasteiger charge is 2.42. The van der Waals surface area contributed by atoms with E-state index in [-0.39, 0.29) is 12.3 Å². The standard InChI is InChI=1S/C29H48F4O2/c1-29(32,33)17-19-3-7-21(8-4-19)23-11-13-24(14-12-23)22-9-5-20(6-10-22)18-35-26-16-15-25(34-2)27(30)28(26)31/h19-28H,3-18H2,1-2H3. The zero-order chi connectivity index (χ0) is 25.0. The first-order chi connectivity index (χ1) is 16.7. The van der Waals surface area contributed by atoms with Crippen molar-refractivity contribution >= 4 is 0 Å². The Labute approximate surface area is 210 Å². The Hall–Kier alpha value is -0.360. The first-order valence-electron chi connectivity index (χ1n) is 14.5. The van der Waals surface area contributed by atoms with Crippen LogP contribution in [0.15, 0.2) is 0 Å². The van der Waals surface area contributed by atoms with Crippen LogP contribution in [0, 0.1) is 35.5 Å². The second-order valence-electron chi connectivity index (χ2n) is 12.6. The van der Waals surface area contributed by atoms with E-state index >= 15 is 0 Å². The predicted molar refractivity (Wildman–Crippen MR) is 131 cm³/mol. The zero-order valence-electron chi connectivity index (χ0n) is 21.9. The number of ether oxygens (including phenoxy) is 2. The van der Waals surface area contributed by atoms with Gasteiger partial charge in [0.05, 0.1) is 12.2 Å². The van der Waals surface area contributed by atoms with Crippen LogP contribution >= 0.6 is 0 Å². The highest BCUT2D eigenvalue weighted by atomic mass is 19.3. The molecule has 0 spiro atoms. The maximum atomic E-state index is 14.4. The van der Waals surface area contributed by atoms with E-state index in [9.17, 15) is 17.6 Å². The molecule has 2 nitrogen and oxygen atoms in total. The van der Waals surface area contributed by atoms with Crippen LogP contribution in [0.1, 0.15) is 103 Å². The molecule has 35 heavy (non-hydrogen) atoms. The van der Waals surface area contributed by atoms with Gasteiger partial charge in [-0.05, 0) is 132 Å². The third-order valence-corrected chi connectivity index (χ3v) is 10.2. The first-order valence-corrected chi connectivity index (χ1v) is 14.5. The lowest BCUT2D eigenvalue weighted by Crippen LogP contribution is -2.46. The summed E-state index contributed by atoms with van der Waals surface area (Å²) in [6.07, 6.45) is 11.0. The molecule has 4 saturated carbocycles. The maximum absolute atomic E-state index is 14.4. The fraction of sp³-hybridized carbons (Fsp3) is 1.00. The van der Waals surface area contributed by atoms with Gasteiger partial charge in [-0.1, -0.05) is 0 Å². The molecule has 0 heterocycles. The lowest BCUT2D eigenvalue weighted by Gasteiger charge is -2.41. The van der Waals surface area contributed by atoms with Gasteiger partial charge >= 0.3 is 0 Å². The summed E-state index contributed by atoms with van der Waals surface area (Å²) in [5.41, 5.74) is 0. The van der Waals surface area contributed by atoms with Gasteiger partial charge in [0.25, 0.3) is 0 Å². The van der Waals surface area contributed by atoms with E-state index in [1.54, 1.807) is 0 Å². The molecule has 4 atom stereocenters. The van der Waals surface area contributed by atoms with Gasteiger partial charge in [0.2, 0.25) is 5.92 Å². The normalized spacial score (nSPS) is 43.7. The Morgan fingerprint density at radius 3 is 1.46 bits per heavy atom. The Bertz CT molecular complexity index is 617. The molecule has 0 aliphatic heterocycles. The van der Waals surface area contributed by atoms with E-state index in [1.807, 2.05) is 0 Å². The van der Waals surface area contributed by atoms with Crippen LogP contribution in [-0.4, -0.2) is 44.2 Å². The molecule has 0 bridgehead atoms. The molecule has 0 aromatic rings. The average molecular weight is 505 g/mol. The maximum Gasteiger partial charge on any atom is 0.245 e. The number of hydrogen-bond acceptors (Lipinski definition) is 2. The lowest BCUT2D eigenvalue weighted by atomic mass is 9.65. The second-order valence-corrected chi connectivity index (χ2v) is 12.6. The smallest absolute Gasteiger partial charge is 0.245 e. The summed E-state index contributed by atoms with van der Waals surface area (Å²) in [4.78, 5) is 0. The van der Waals surface area contributed by atoms with E-state index in [0.29, 0.717) is 25.4 Å². The number of alkyl halides is 4. The molecule has 4 unspecified atom stereocenters. The van der Waals surface area contributed by atoms with Gasteiger partial charge in [-0.15, -0.1) is 0 Å². The van der Waals surface area contributed by atoms with Crippen LogP contribution in [0.3, 0.4) is 0 Å². The molecular formula is C29H48F4O2. The Balaban J connectivity index is 1.11. The summed E-state index contributed by atoms with van der Waals surface area (Å²) >= 11 is 0. The van der Waals surface area contributed by atoms with Crippen molar-refractivity contribution in [1.82, 2.24) is 0 Å². The van der Waals surface area contributed by atoms with Crippen molar-refractivity contribution in [3.8, 4) is 0 Å². The summed E-state index contributed by atoms with van der Waals surface area (Å²) in [7, 11) is 1.44. The number of halogens is 4. The van der Waals surface area contributed by atoms with Crippen LogP contribution in [0.4, 0.5) is 17.6 Å². The number of rotatable bonds is 8. The molecule has 0 aromatic carbocycles. The van der Waals surface area contributed by atoms with Gasteiger partial charge in [-0.25, -0.2) is 17.6 Å². The van der Waals surface area contributed by atoms with Gasteiger partial charge in [0, 0.05) is 20.1 Å². The van der Waals surface area contributed by atoms with Crippen LogP contribution in [-0.2, 0) is 9.47 Å². The minimum absolute atomic E-state index is 0.0693. The molecule has 4 aliphatic rings. The van der Waals surface area contributed by atoms with E-state index in [1.165, 1.54) is 45.6 Å². The largest absolute Gasteiger partial charge is 0.378 e. The van der Waals surface area contributed by atoms with Crippen LogP contribution in [0.5, 0.6) is 0 Å². The third kappa shape index (κ3) is 7.58. The molecule has 6 heteroatoms. The summed E-state index contributed by atoms with van der Waals surface area (Å²) in [6, 6.07) is 0. The molecule has 204 valence electrons. The summed E-state index contributed by atoms with van der Waals surface area (Å²) in [5.74, 6) is 1.37. The van der Waals surface area contributed by atoms with Gasteiger partial charge in [0.15, 0.2) is 12.3 Å². The van der Waals surface area contributed by atoms with Crippen molar-refractivity contribution in [2.45, 2.75) is 134 Å². The quantitative estimate of drug-likeness (QED) is 0.309. The SMILES string of the molecule is COC1CCC(OCC2CCC(C3CCC(C4CCC(CC(C)(F)F)CC4)CC3)CC2)C(F)C1F. The molecule has 0 amide bonds. The molecular weight excluding hydrogens is 456 g/mol. The fourth-order valence-electron chi connectivity index (χ4n) is 8.02. The Kier molecular flexibility index (Phi) is 9.85. The lowest BCUT2D eigenvalue weighted by molar-refractivity contribution is -0.115. The van der Waals surface area contributed by atoms with E-state index in [4.69, 9.17) is 9.47 Å². The second kappa shape index (κ2) is 12.5.